The Kier molecular flexibility index (Phi) is 4.94. The molecule has 1 unspecified atom stereocenters. The Labute approximate surface area is 132 Å². The van der Waals surface area contributed by atoms with E-state index in [2.05, 4.69) is 31.9 Å². The zero-order valence-corrected chi connectivity index (χ0v) is 13.5. The van der Waals surface area contributed by atoms with E-state index in [0.717, 1.165) is 4.47 Å². The summed E-state index contributed by atoms with van der Waals surface area (Å²) < 4.78 is 15.3. The number of carbonyl (C=O) groups is 1. The zero-order valence-electron chi connectivity index (χ0n) is 10.3. The Bertz CT molecular complexity index is 626. The molecule has 5 heteroatoms. The summed E-state index contributed by atoms with van der Waals surface area (Å²) in [6, 6.07) is 11.7. The SMILES string of the molecule is O=C(O)C(Cc1ccc(Br)cc1F)c1ccc(Br)cc1. The fourth-order valence-corrected chi connectivity index (χ4v) is 2.55. The van der Waals surface area contributed by atoms with E-state index in [4.69, 9.17) is 0 Å². The molecule has 2 aromatic carbocycles. The minimum Gasteiger partial charge on any atom is -0.481 e. The monoisotopic (exact) mass is 400 g/mol. The van der Waals surface area contributed by atoms with Crippen molar-refractivity contribution in [2.75, 3.05) is 0 Å². The molecule has 1 atom stereocenters. The lowest BCUT2D eigenvalue weighted by atomic mass is 9.92. The van der Waals surface area contributed by atoms with E-state index < -0.39 is 17.7 Å². The van der Waals surface area contributed by atoms with Gasteiger partial charge >= 0.3 is 5.97 Å². The molecule has 104 valence electrons. The summed E-state index contributed by atoms with van der Waals surface area (Å²) in [5, 5.41) is 9.36. The first-order chi connectivity index (χ1) is 9.47. The molecule has 1 N–H and O–H groups in total. The summed E-state index contributed by atoms with van der Waals surface area (Å²) in [5.41, 5.74) is 1.05. The molecule has 2 nitrogen and oxygen atoms in total. The molecule has 2 rings (SSSR count). The van der Waals surface area contributed by atoms with E-state index in [0.29, 0.717) is 15.6 Å². The number of aliphatic carboxylic acids is 1. The quantitative estimate of drug-likeness (QED) is 0.801. The van der Waals surface area contributed by atoms with Crippen molar-refractivity contribution in [3.63, 3.8) is 0 Å². The van der Waals surface area contributed by atoms with Gasteiger partial charge in [0.05, 0.1) is 5.92 Å². The Hall–Kier alpha value is -1.20. The summed E-state index contributed by atoms with van der Waals surface area (Å²) in [6.45, 7) is 0. The van der Waals surface area contributed by atoms with Crippen LogP contribution in [-0.4, -0.2) is 11.1 Å². The first-order valence-corrected chi connectivity index (χ1v) is 7.48. The highest BCUT2D eigenvalue weighted by Crippen LogP contribution is 2.25. The van der Waals surface area contributed by atoms with Gasteiger partial charge in [-0.1, -0.05) is 50.1 Å². The lowest BCUT2D eigenvalue weighted by molar-refractivity contribution is -0.138. The Morgan fingerprint density at radius 2 is 1.70 bits per heavy atom. The van der Waals surface area contributed by atoms with Crippen LogP contribution in [0.2, 0.25) is 0 Å². The summed E-state index contributed by atoms with van der Waals surface area (Å²) in [6.07, 6.45) is 0.121. The molecule has 0 fully saturated rings. The molecule has 20 heavy (non-hydrogen) atoms. The number of carboxylic acids is 1. The van der Waals surface area contributed by atoms with Crippen molar-refractivity contribution >= 4 is 37.8 Å². The molecule has 0 saturated carbocycles. The van der Waals surface area contributed by atoms with E-state index in [9.17, 15) is 14.3 Å². The van der Waals surface area contributed by atoms with Crippen LogP contribution in [0.15, 0.2) is 51.4 Å². The first kappa shape index (κ1) is 15.2. The number of hydrogen-bond acceptors (Lipinski definition) is 1. The summed E-state index contributed by atoms with van der Waals surface area (Å²) in [4.78, 5) is 11.4. The van der Waals surface area contributed by atoms with Crippen LogP contribution in [0, 0.1) is 5.82 Å². The van der Waals surface area contributed by atoms with Crippen molar-refractivity contribution in [1.82, 2.24) is 0 Å². The van der Waals surface area contributed by atoms with Crippen LogP contribution in [0.4, 0.5) is 4.39 Å². The van der Waals surface area contributed by atoms with Crippen LogP contribution >= 0.6 is 31.9 Å². The molecule has 0 bridgehead atoms. The molecule has 2 aromatic rings. The van der Waals surface area contributed by atoms with Gasteiger partial charge in [0, 0.05) is 8.95 Å². The minimum atomic E-state index is -0.963. The van der Waals surface area contributed by atoms with Gasteiger partial charge in [-0.25, -0.2) is 4.39 Å². The maximum atomic E-state index is 13.8. The van der Waals surface area contributed by atoms with Gasteiger partial charge in [-0.15, -0.1) is 0 Å². The smallest absolute Gasteiger partial charge is 0.311 e. The zero-order chi connectivity index (χ0) is 14.7. The molecular weight excluding hydrogens is 391 g/mol. The number of carboxylic acid groups (broad SMARTS) is 1. The molecular formula is C15H11Br2FO2. The molecule has 0 spiro atoms. The fourth-order valence-electron chi connectivity index (χ4n) is 1.95. The molecule has 0 heterocycles. The van der Waals surface area contributed by atoms with E-state index in [-0.39, 0.29) is 6.42 Å². The Balaban J connectivity index is 2.30. The van der Waals surface area contributed by atoms with Crippen LogP contribution in [0.5, 0.6) is 0 Å². The van der Waals surface area contributed by atoms with Crippen LogP contribution in [-0.2, 0) is 11.2 Å². The largest absolute Gasteiger partial charge is 0.481 e. The van der Waals surface area contributed by atoms with E-state index in [1.807, 2.05) is 0 Å². The van der Waals surface area contributed by atoms with Gasteiger partial charge in [0.15, 0.2) is 0 Å². The second-order valence-electron chi connectivity index (χ2n) is 4.38. The van der Waals surface area contributed by atoms with Crippen LogP contribution < -0.4 is 0 Å². The van der Waals surface area contributed by atoms with Gasteiger partial charge in [-0.2, -0.15) is 0 Å². The number of benzene rings is 2. The number of rotatable bonds is 4. The highest BCUT2D eigenvalue weighted by atomic mass is 79.9. The molecule has 0 saturated heterocycles. The summed E-state index contributed by atoms with van der Waals surface area (Å²) in [5.74, 6) is -2.13. The summed E-state index contributed by atoms with van der Waals surface area (Å²) >= 11 is 6.49. The third-order valence-electron chi connectivity index (χ3n) is 3.01. The van der Waals surface area contributed by atoms with Gasteiger partial charge in [-0.05, 0) is 41.8 Å². The lowest BCUT2D eigenvalue weighted by Gasteiger charge is -2.13. The third-order valence-corrected chi connectivity index (χ3v) is 4.03. The van der Waals surface area contributed by atoms with Gasteiger partial charge < -0.3 is 5.11 Å². The minimum absolute atomic E-state index is 0.121. The molecule has 0 aliphatic heterocycles. The molecule has 0 aliphatic rings. The average molecular weight is 402 g/mol. The van der Waals surface area contributed by atoms with Crippen molar-refractivity contribution in [2.45, 2.75) is 12.3 Å². The molecule has 0 aromatic heterocycles. The predicted octanol–water partition coefficient (Wildman–Crippen LogP) is 4.76. The number of halogens is 3. The highest BCUT2D eigenvalue weighted by Gasteiger charge is 2.21. The maximum Gasteiger partial charge on any atom is 0.311 e. The van der Waals surface area contributed by atoms with Crippen molar-refractivity contribution in [1.29, 1.82) is 0 Å². The van der Waals surface area contributed by atoms with E-state index >= 15 is 0 Å². The molecule has 0 radical (unpaired) electrons. The van der Waals surface area contributed by atoms with Crippen molar-refractivity contribution < 1.29 is 14.3 Å². The average Bonchev–Trinajstić information content (AvgIpc) is 2.39. The van der Waals surface area contributed by atoms with Crippen LogP contribution in [0.25, 0.3) is 0 Å². The van der Waals surface area contributed by atoms with E-state index in [1.54, 1.807) is 36.4 Å². The van der Waals surface area contributed by atoms with Gasteiger partial charge in [-0.3, -0.25) is 4.79 Å². The topological polar surface area (TPSA) is 37.3 Å². The van der Waals surface area contributed by atoms with Crippen LogP contribution in [0.1, 0.15) is 17.0 Å². The maximum absolute atomic E-state index is 13.8. The Morgan fingerprint density at radius 3 is 2.25 bits per heavy atom. The summed E-state index contributed by atoms with van der Waals surface area (Å²) in [7, 11) is 0. The van der Waals surface area contributed by atoms with Crippen molar-refractivity contribution in [3.8, 4) is 0 Å². The first-order valence-electron chi connectivity index (χ1n) is 5.89. The van der Waals surface area contributed by atoms with Crippen molar-refractivity contribution in [2.24, 2.45) is 0 Å². The normalized spacial score (nSPS) is 12.2. The second kappa shape index (κ2) is 6.50. The highest BCUT2D eigenvalue weighted by molar-refractivity contribution is 9.10. The lowest BCUT2D eigenvalue weighted by Crippen LogP contribution is -2.15. The standard InChI is InChI=1S/C15H11Br2FO2/c16-11-4-1-9(2-5-11)13(15(19)20)7-10-3-6-12(17)8-14(10)18/h1-6,8,13H,7H2,(H,19,20). The Morgan fingerprint density at radius 1 is 1.10 bits per heavy atom. The predicted molar refractivity (Wildman–Crippen MR) is 82.3 cm³/mol. The number of hydrogen-bond donors (Lipinski definition) is 1. The van der Waals surface area contributed by atoms with Gasteiger partial charge in [0.2, 0.25) is 0 Å². The second-order valence-corrected chi connectivity index (χ2v) is 6.21. The third kappa shape index (κ3) is 3.67. The van der Waals surface area contributed by atoms with Gasteiger partial charge in [0.1, 0.15) is 5.82 Å². The van der Waals surface area contributed by atoms with E-state index in [1.165, 1.54) is 6.07 Å². The molecule has 0 amide bonds. The fraction of sp³-hybridized carbons (Fsp3) is 0.133. The van der Waals surface area contributed by atoms with Crippen molar-refractivity contribution in [3.05, 3.63) is 68.4 Å². The van der Waals surface area contributed by atoms with Gasteiger partial charge in [0.25, 0.3) is 0 Å². The van der Waals surface area contributed by atoms with Crippen LogP contribution in [0.3, 0.4) is 0 Å². The molecule has 0 aliphatic carbocycles.